The molecule has 10 heteroatoms. The van der Waals surface area contributed by atoms with Crippen LogP contribution in [0, 0.1) is 0 Å². The molecule has 2 bridgehead atoms. The Labute approximate surface area is 213 Å². The lowest BCUT2D eigenvalue weighted by Crippen LogP contribution is -2.65. The van der Waals surface area contributed by atoms with Crippen molar-refractivity contribution in [3.63, 3.8) is 0 Å². The molecule has 0 amide bonds. The predicted molar refractivity (Wildman–Crippen MR) is 130 cm³/mol. The van der Waals surface area contributed by atoms with Crippen LogP contribution < -0.4 is 4.74 Å². The van der Waals surface area contributed by atoms with Crippen LogP contribution in [0.5, 0.6) is 5.75 Å². The van der Waals surface area contributed by atoms with Crippen LogP contribution in [0.4, 0.5) is 0 Å². The standard InChI is InChI=1S/C26H28ClNO8/c1-33-28-20-3-2-4-21(20)35-18-8-5-15(6-9-18)11-16-12-17(7-10-19(16)27)26-24(32)22(30)23(31)25(13-29,36-26)14-34-26/h4-10,12,22-24,29-32H,2-3,11,13-14H2,1H3/b28-20+/t22-,23+,24+,25-,26+/m0/s1. The molecular weight excluding hydrogens is 490 g/mol. The molecule has 192 valence electrons. The molecule has 0 saturated carbocycles. The van der Waals surface area contributed by atoms with Gasteiger partial charge in [0.05, 0.1) is 13.2 Å². The lowest BCUT2D eigenvalue weighted by Gasteiger charge is -2.46. The highest BCUT2D eigenvalue weighted by Gasteiger charge is 2.67. The Bertz CT molecular complexity index is 1180. The van der Waals surface area contributed by atoms with Gasteiger partial charge in [-0.15, -0.1) is 0 Å². The van der Waals surface area contributed by atoms with Crippen molar-refractivity contribution in [1.82, 2.24) is 0 Å². The van der Waals surface area contributed by atoms with Crippen molar-refractivity contribution in [3.8, 4) is 5.75 Å². The van der Waals surface area contributed by atoms with Crippen molar-refractivity contribution < 1.29 is 39.5 Å². The average molecular weight is 518 g/mol. The summed E-state index contributed by atoms with van der Waals surface area (Å²) in [6.07, 6.45) is -0.573. The molecule has 2 aliphatic heterocycles. The van der Waals surface area contributed by atoms with E-state index in [9.17, 15) is 20.4 Å². The third-order valence-electron chi connectivity index (χ3n) is 6.92. The van der Waals surface area contributed by atoms with E-state index in [1.54, 1.807) is 18.2 Å². The van der Waals surface area contributed by atoms with Crippen molar-refractivity contribution in [3.05, 3.63) is 76.0 Å². The predicted octanol–water partition coefficient (Wildman–Crippen LogP) is 2.02. The summed E-state index contributed by atoms with van der Waals surface area (Å²) < 4.78 is 17.7. The van der Waals surface area contributed by atoms with E-state index in [2.05, 4.69) is 5.16 Å². The summed E-state index contributed by atoms with van der Waals surface area (Å²) in [7, 11) is 1.51. The summed E-state index contributed by atoms with van der Waals surface area (Å²) in [5.41, 5.74) is 1.37. The molecule has 4 N–H and O–H groups in total. The van der Waals surface area contributed by atoms with E-state index in [-0.39, 0.29) is 6.61 Å². The Hall–Kier alpha value is -2.50. The van der Waals surface area contributed by atoms with Gasteiger partial charge in [-0.3, -0.25) is 0 Å². The van der Waals surface area contributed by atoms with E-state index in [1.807, 2.05) is 30.3 Å². The van der Waals surface area contributed by atoms with Crippen LogP contribution in [0.1, 0.15) is 29.5 Å². The zero-order valence-corrected chi connectivity index (χ0v) is 20.4. The molecule has 0 aromatic heterocycles. The second-order valence-electron chi connectivity index (χ2n) is 9.22. The van der Waals surface area contributed by atoms with Gasteiger partial charge in [0, 0.05) is 17.0 Å². The van der Waals surface area contributed by atoms with Crippen molar-refractivity contribution in [2.75, 3.05) is 20.3 Å². The minimum atomic E-state index is -1.74. The van der Waals surface area contributed by atoms with E-state index in [4.69, 9.17) is 30.6 Å². The Morgan fingerprint density at radius 1 is 1.11 bits per heavy atom. The molecule has 2 fully saturated rings. The van der Waals surface area contributed by atoms with Crippen molar-refractivity contribution in [2.45, 2.75) is 49.0 Å². The average Bonchev–Trinajstić information content (AvgIpc) is 3.49. The second kappa shape index (κ2) is 9.75. The number of nitrogens with zero attached hydrogens (tertiary/aromatic N) is 1. The number of hydrogen-bond acceptors (Lipinski definition) is 9. The molecule has 2 saturated heterocycles. The van der Waals surface area contributed by atoms with Gasteiger partial charge in [-0.05, 0) is 54.3 Å². The van der Waals surface area contributed by atoms with Crippen molar-refractivity contribution in [2.24, 2.45) is 5.16 Å². The molecule has 36 heavy (non-hydrogen) atoms. The van der Waals surface area contributed by atoms with Gasteiger partial charge < -0.3 is 39.5 Å². The van der Waals surface area contributed by atoms with E-state index < -0.39 is 36.3 Å². The molecule has 2 aromatic carbocycles. The first-order chi connectivity index (χ1) is 17.3. The van der Waals surface area contributed by atoms with E-state index >= 15 is 0 Å². The number of fused-ring (bicyclic) bond motifs is 2. The molecule has 5 rings (SSSR count). The number of ether oxygens (including phenoxy) is 3. The molecule has 0 unspecified atom stereocenters. The van der Waals surface area contributed by atoms with Gasteiger partial charge >= 0.3 is 0 Å². The Kier molecular flexibility index (Phi) is 6.82. The number of oxime groups is 1. The highest BCUT2D eigenvalue weighted by molar-refractivity contribution is 6.31. The lowest BCUT2D eigenvalue weighted by atomic mass is 9.83. The van der Waals surface area contributed by atoms with Crippen LogP contribution in [0.2, 0.25) is 5.02 Å². The summed E-state index contributed by atoms with van der Waals surface area (Å²) in [6, 6.07) is 12.6. The third kappa shape index (κ3) is 4.20. The van der Waals surface area contributed by atoms with Crippen LogP contribution in [-0.2, 0) is 26.5 Å². The maximum atomic E-state index is 10.8. The van der Waals surface area contributed by atoms with Crippen molar-refractivity contribution >= 4 is 17.3 Å². The SMILES string of the molecule is CO/N=C1\CCC=C1Oc1ccc(Cc2cc([C@@]34OC[C@](CO)(O3)[C@H](O)[C@H](O)[C@H]4O)ccc2Cl)cc1. The van der Waals surface area contributed by atoms with E-state index in [0.29, 0.717) is 28.5 Å². The smallest absolute Gasteiger partial charge is 0.225 e. The van der Waals surface area contributed by atoms with Crippen LogP contribution in [0.25, 0.3) is 0 Å². The summed E-state index contributed by atoms with van der Waals surface area (Å²) in [6.45, 7) is -0.768. The second-order valence-corrected chi connectivity index (χ2v) is 9.63. The summed E-state index contributed by atoms with van der Waals surface area (Å²) in [5.74, 6) is -0.386. The number of aliphatic hydroxyl groups is 4. The Balaban J connectivity index is 1.36. The molecule has 9 nitrogen and oxygen atoms in total. The maximum absolute atomic E-state index is 10.8. The van der Waals surface area contributed by atoms with Crippen LogP contribution in [0.15, 0.2) is 59.5 Å². The van der Waals surface area contributed by atoms with E-state index in [1.165, 1.54) is 7.11 Å². The van der Waals surface area contributed by atoms with Gasteiger partial charge in [0.1, 0.15) is 48.2 Å². The third-order valence-corrected chi connectivity index (χ3v) is 7.29. The van der Waals surface area contributed by atoms with Gasteiger partial charge in [-0.2, -0.15) is 0 Å². The molecule has 2 aromatic rings. The molecule has 5 atom stereocenters. The number of rotatable bonds is 7. The number of aliphatic hydroxyl groups excluding tert-OH is 4. The minimum absolute atomic E-state index is 0.189. The first kappa shape index (κ1) is 25.2. The zero-order chi connectivity index (χ0) is 25.5. The van der Waals surface area contributed by atoms with Gasteiger partial charge in [-0.25, -0.2) is 0 Å². The molecule has 1 aliphatic carbocycles. The highest BCUT2D eigenvalue weighted by Crippen LogP contribution is 2.49. The highest BCUT2D eigenvalue weighted by atomic mass is 35.5. The molecular formula is C26H28ClNO8. The fraction of sp³-hybridized carbons (Fsp3) is 0.423. The van der Waals surface area contributed by atoms with Crippen LogP contribution >= 0.6 is 11.6 Å². The number of halogens is 1. The largest absolute Gasteiger partial charge is 0.456 e. The Morgan fingerprint density at radius 3 is 2.61 bits per heavy atom. The summed E-state index contributed by atoms with van der Waals surface area (Å²) >= 11 is 6.49. The molecule has 0 radical (unpaired) electrons. The van der Waals surface area contributed by atoms with Crippen LogP contribution in [-0.4, -0.2) is 70.4 Å². The van der Waals surface area contributed by atoms with Crippen molar-refractivity contribution in [1.29, 1.82) is 0 Å². The van der Waals surface area contributed by atoms with Gasteiger partial charge in [0.15, 0.2) is 0 Å². The Morgan fingerprint density at radius 2 is 1.89 bits per heavy atom. The minimum Gasteiger partial charge on any atom is -0.456 e. The molecule has 0 spiro atoms. The number of hydrogen-bond donors (Lipinski definition) is 4. The van der Waals surface area contributed by atoms with E-state index in [0.717, 1.165) is 29.7 Å². The van der Waals surface area contributed by atoms with Gasteiger partial charge in [-0.1, -0.05) is 35.0 Å². The first-order valence-corrected chi connectivity index (χ1v) is 12.0. The topological polar surface area (TPSA) is 130 Å². The monoisotopic (exact) mass is 517 g/mol. The maximum Gasteiger partial charge on any atom is 0.225 e. The summed E-state index contributed by atoms with van der Waals surface area (Å²) in [4.78, 5) is 4.87. The fourth-order valence-electron chi connectivity index (χ4n) is 4.91. The number of benzene rings is 2. The zero-order valence-electron chi connectivity index (χ0n) is 19.6. The fourth-order valence-corrected chi connectivity index (χ4v) is 5.09. The molecule has 3 aliphatic rings. The first-order valence-electron chi connectivity index (χ1n) is 11.7. The lowest BCUT2D eigenvalue weighted by molar-refractivity contribution is -0.329. The van der Waals surface area contributed by atoms with Gasteiger partial charge in [0.2, 0.25) is 5.79 Å². The molecule has 2 heterocycles. The quantitative estimate of drug-likeness (QED) is 0.410. The normalized spacial score (nSPS) is 32.6. The van der Waals surface area contributed by atoms with Crippen LogP contribution in [0.3, 0.4) is 0 Å². The number of allylic oxidation sites excluding steroid dienone is 2. The van der Waals surface area contributed by atoms with Gasteiger partial charge in [0.25, 0.3) is 0 Å². The summed E-state index contributed by atoms with van der Waals surface area (Å²) in [5, 5.41) is 46.0.